The minimum absolute atomic E-state index is 0.00403. The number of amides is 2. The first kappa shape index (κ1) is 20.3. The highest BCUT2D eigenvalue weighted by Gasteiger charge is 2.34. The molecule has 2 N–H and O–H groups in total. The van der Waals surface area contributed by atoms with E-state index in [1.165, 1.54) is 16.4 Å². The van der Waals surface area contributed by atoms with Gasteiger partial charge in [-0.1, -0.05) is 0 Å². The summed E-state index contributed by atoms with van der Waals surface area (Å²) in [6, 6.07) is 3.92. The lowest BCUT2D eigenvalue weighted by Crippen LogP contribution is -2.50. The first-order valence-electron chi connectivity index (χ1n) is 8.59. The van der Waals surface area contributed by atoms with E-state index in [4.69, 9.17) is 0 Å². The van der Waals surface area contributed by atoms with Gasteiger partial charge in [-0.25, -0.2) is 12.8 Å². The molecular weight excluding hydrogens is 361 g/mol. The van der Waals surface area contributed by atoms with Crippen LogP contribution in [0.4, 0.5) is 4.39 Å². The SMILES string of the molecule is CCNC(=O)[C@@H](C)NC(=O)[C@H]1CCCN(S(=O)(=O)c2ccc(F)cc2)C1. The lowest BCUT2D eigenvalue weighted by molar-refractivity contribution is -0.131. The molecule has 0 bridgehead atoms. The Bertz CT molecular complexity index is 752. The molecule has 0 saturated carbocycles. The fourth-order valence-electron chi connectivity index (χ4n) is 2.85. The Morgan fingerprint density at radius 3 is 2.58 bits per heavy atom. The predicted octanol–water partition coefficient (Wildman–Crippen LogP) is 0.867. The van der Waals surface area contributed by atoms with Crippen LogP contribution in [0.2, 0.25) is 0 Å². The van der Waals surface area contributed by atoms with Crippen LogP contribution in [-0.2, 0) is 19.6 Å². The van der Waals surface area contributed by atoms with Crippen molar-refractivity contribution in [2.45, 2.75) is 37.6 Å². The van der Waals surface area contributed by atoms with Gasteiger partial charge in [0.15, 0.2) is 0 Å². The zero-order chi connectivity index (χ0) is 19.3. The van der Waals surface area contributed by atoms with Crippen molar-refractivity contribution in [1.29, 1.82) is 0 Å². The number of nitrogens with zero attached hydrogens (tertiary/aromatic N) is 1. The molecule has 0 aromatic heterocycles. The van der Waals surface area contributed by atoms with Gasteiger partial charge in [-0.3, -0.25) is 9.59 Å². The van der Waals surface area contributed by atoms with Crippen LogP contribution < -0.4 is 10.6 Å². The van der Waals surface area contributed by atoms with E-state index in [0.717, 1.165) is 12.1 Å². The zero-order valence-electron chi connectivity index (χ0n) is 14.9. The lowest BCUT2D eigenvalue weighted by atomic mass is 9.98. The molecule has 26 heavy (non-hydrogen) atoms. The van der Waals surface area contributed by atoms with Crippen LogP contribution in [-0.4, -0.2) is 50.2 Å². The molecule has 1 aromatic carbocycles. The summed E-state index contributed by atoms with van der Waals surface area (Å²) < 4.78 is 39.7. The van der Waals surface area contributed by atoms with Crippen molar-refractivity contribution in [2.75, 3.05) is 19.6 Å². The Kier molecular flexibility index (Phi) is 6.71. The van der Waals surface area contributed by atoms with Crippen molar-refractivity contribution in [3.8, 4) is 0 Å². The van der Waals surface area contributed by atoms with Gasteiger partial charge in [0.1, 0.15) is 11.9 Å². The highest BCUT2D eigenvalue weighted by Crippen LogP contribution is 2.24. The first-order chi connectivity index (χ1) is 12.3. The Morgan fingerprint density at radius 2 is 1.96 bits per heavy atom. The van der Waals surface area contributed by atoms with Crippen molar-refractivity contribution in [1.82, 2.24) is 14.9 Å². The zero-order valence-corrected chi connectivity index (χ0v) is 15.7. The fraction of sp³-hybridized carbons (Fsp3) is 0.529. The Balaban J connectivity index is 2.05. The third-order valence-corrected chi connectivity index (χ3v) is 6.19. The highest BCUT2D eigenvalue weighted by molar-refractivity contribution is 7.89. The molecule has 2 amide bonds. The van der Waals surface area contributed by atoms with Crippen molar-refractivity contribution >= 4 is 21.8 Å². The number of sulfonamides is 1. The van der Waals surface area contributed by atoms with E-state index < -0.39 is 27.8 Å². The Labute approximate surface area is 153 Å². The smallest absolute Gasteiger partial charge is 0.243 e. The highest BCUT2D eigenvalue weighted by atomic mass is 32.2. The number of rotatable bonds is 6. The quantitative estimate of drug-likeness (QED) is 0.759. The summed E-state index contributed by atoms with van der Waals surface area (Å²) in [5.41, 5.74) is 0. The van der Waals surface area contributed by atoms with Crippen molar-refractivity contribution < 1.29 is 22.4 Å². The monoisotopic (exact) mass is 385 g/mol. The number of benzene rings is 1. The number of hydrogen-bond acceptors (Lipinski definition) is 4. The topological polar surface area (TPSA) is 95.6 Å². The molecule has 1 aliphatic rings. The second-order valence-corrected chi connectivity index (χ2v) is 8.22. The summed E-state index contributed by atoms with van der Waals surface area (Å²) in [5, 5.41) is 5.25. The number of likely N-dealkylation sites (N-methyl/N-ethyl adjacent to an activating group) is 1. The van der Waals surface area contributed by atoms with Crippen LogP contribution in [0, 0.1) is 11.7 Å². The summed E-state index contributed by atoms with van der Waals surface area (Å²) in [6.45, 7) is 4.17. The van der Waals surface area contributed by atoms with Gasteiger partial charge in [-0.15, -0.1) is 0 Å². The molecule has 7 nitrogen and oxygen atoms in total. The third kappa shape index (κ3) is 4.79. The summed E-state index contributed by atoms with van der Waals surface area (Å²) in [7, 11) is -3.79. The van der Waals surface area contributed by atoms with Gasteiger partial charge in [-0.05, 0) is 51.0 Å². The molecule has 1 aliphatic heterocycles. The van der Waals surface area contributed by atoms with E-state index in [0.29, 0.717) is 25.9 Å². The van der Waals surface area contributed by atoms with Gasteiger partial charge in [0.2, 0.25) is 21.8 Å². The molecular formula is C17H24FN3O4S. The predicted molar refractivity (Wildman–Crippen MR) is 94.2 cm³/mol. The summed E-state index contributed by atoms with van der Waals surface area (Å²) in [6.07, 6.45) is 1.08. The molecule has 0 spiro atoms. The number of piperidine rings is 1. The molecule has 1 aromatic rings. The van der Waals surface area contributed by atoms with Crippen molar-refractivity contribution in [2.24, 2.45) is 5.92 Å². The van der Waals surface area contributed by atoms with Crippen LogP contribution in [0.25, 0.3) is 0 Å². The van der Waals surface area contributed by atoms with Crippen LogP contribution in [0.1, 0.15) is 26.7 Å². The summed E-state index contributed by atoms with van der Waals surface area (Å²) in [5.74, 6) is -1.68. The van der Waals surface area contributed by atoms with Gasteiger partial charge in [0, 0.05) is 19.6 Å². The fourth-order valence-corrected chi connectivity index (χ4v) is 4.38. The second kappa shape index (κ2) is 8.59. The molecule has 0 aliphatic carbocycles. The molecule has 9 heteroatoms. The minimum Gasteiger partial charge on any atom is -0.355 e. The number of carbonyl (C=O) groups is 2. The van der Waals surface area contributed by atoms with Gasteiger partial charge in [-0.2, -0.15) is 4.31 Å². The average Bonchev–Trinajstić information content (AvgIpc) is 2.62. The van der Waals surface area contributed by atoms with Gasteiger partial charge >= 0.3 is 0 Å². The third-order valence-electron chi connectivity index (χ3n) is 4.31. The van der Waals surface area contributed by atoms with E-state index in [9.17, 15) is 22.4 Å². The normalized spacial score (nSPS) is 19.6. The number of carbonyl (C=O) groups excluding carboxylic acids is 2. The number of hydrogen-bond donors (Lipinski definition) is 2. The molecule has 1 saturated heterocycles. The van der Waals surface area contributed by atoms with Crippen LogP contribution in [0.15, 0.2) is 29.2 Å². The molecule has 2 rings (SSSR count). The number of nitrogens with one attached hydrogen (secondary N) is 2. The Hall–Kier alpha value is -2.00. The van der Waals surface area contributed by atoms with E-state index in [-0.39, 0.29) is 23.3 Å². The maximum atomic E-state index is 13.0. The average molecular weight is 385 g/mol. The minimum atomic E-state index is -3.79. The standard InChI is InChI=1S/C17H24FN3O4S/c1-3-19-16(22)12(2)20-17(23)13-5-4-10-21(11-13)26(24,25)15-8-6-14(18)7-9-15/h6-9,12-13H,3-5,10-11H2,1-2H3,(H,19,22)(H,20,23)/t12-,13+/m1/s1. The summed E-state index contributed by atoms with van der Waals surface area (Å²) >= 11 is 0. The van der Waals surface area contributed by atoms with E-state index in [1.807, 2.05) is 0 Å². The van der Waals surface area contributed by atoms with Crippen LogP contribution >= 0.6 is 0 Å². The van der Waals surface area contributed by atoms with Gasteiger partial charge < -0.3 is 10.6 Å². The van der Waals surface area contributed by atoms with Gasteiger partial charge in [0.25, 0.3) is 0 Å². The molecule has 144 valence electrons. The van der Waals surface area contributed by atoms with Crippen molar-refractivity contribution in [3.05, 3.63) is 30.1 Å². The lowest BCUT2D eigenvalue weighted by Gasteiger charge is -2.31. The first-order valence-corrected chi connectivity index (χ1v) is 10.0. The van der Waals surface area contributed by atoms with E-state index in [2.05, 4.69) is 10.6 Å². The maximum Gasteiger partial charge on any atom is 0.243 e. The van der Waals surface area contributed by atoms with Crippen molar-refractivity contribution in [3.63, 3.8) is 0 Å². The maximum absolute atomic E-state index is 13.0. The molecule has 2 atom stereocenters. The van der Waals surface area contributed by atoms with E-state index in [1.54, 1.807) is 13.8 Å². The second-order valence-electron chi connectivity index (χ2n) is 6.28. The summed E-state index contributed by atoms with van der Waals surface area (Å²) in [4.78, 5) is 24.1. The number of halogens is 1. The van der Waals surface area contributed by atoms with Gasteiger partial charge in [0.05, 0.1) is 10.8 Å². The Morgan fingerprint density at radius 1 is 1.31 bits per heavy atom. The van der Waals surface area contributed by atoms with E-state index >= 15 is 0 Å². The largest absolute Gasteiger partial charge is 0.355 e. The molecule has 0 unspecified atom stereocenters. The molecule has 0 radical (unpaired) electrons. The van der Waals surface area contributed by atoms with Crippen LogP contribution in [0.5, 0.6) is 0 Å². The molecule has 1 fully saturated rings. The van der Waals surface area contributed by atoms with Crippen LogP contribution in [0.3, 0.4) is 0 Å². The molecule has 1 heterocycles.